The summed E-state index contributed by atoms with van der Waals surface area (Å²) in [5.74, 6) is 0.308. The maximum Gasteiger partial charge on any atom is 0.204 e. The molecule has 0 unspecified atom stereocenters. The van der Waals surface area contributed by atoms with Crippen molar-refractivity contribution in [3.05, 3.63) is 286 Å². The number of benzene rings is 6. The number of pyridine rings is 3. The van der Waals surface area contributed by atoms with Gasteiger partial charge in [-0.15, -0.1) is 16.7 Å². The number of hydrogen-bond acceptors (Lipinski definition) is 3. The standard InChI is InChI=1S/C61H43N5.Pt/c1-40(2)41-28-29-64-58(32-41)60(54-24-12-6-18-48(54)49-19-7-13-25-55(49)60)44-33-42(35-62-37-44)59(52-22-10-4-16-46(52)47-17-5-11-23-53(47)59)43-34-45(38-63-36-43)61(66-31-30-65(3)39-66)56-26-14-8-20-50(56)51-21-9-15-27-57(51)61;/h4-32,35-38,40H,1-3H3;/q-2;. The normalized spacial score (nSPS) is 14.9. The topological polar surface area (TPSA) is 47.5 Å². The molecule has 324 valence electrons. The summed E-state index contributed by atoms with van der Waals surface area (Å²) < 4.78 is 4.20. The first-order valence-corrected chi connectivity index (χ1v) is 22.7. The van der Waals surface area contributed by atoms with E-state index >= 15 is 0 Å². The Hall–Kier alpha value is -7.33. The third kappa shape index (κ3) is 5.47. The van der Waals surface area contributed by atoms with Gasteiger partial charge in [-0.05, 0) is 91.6 Å². The van der Waals surface area contributed by atoms with E-state index < -0.39 is 16.4 Å². The second kappa shape index (κ2) is 15.4. The van der Waals surface area contributed by atoms with E-state index in [0.29, 0.717) is 5.92 Å². The van der Waals surface area contributed by atoms with Gasteiger partial charge in [-0.25, -0.2) is 0 Å². The number of imidazole rings is 1. The first kappa shape index (κ1) is 41.1. The Balaban J connectivity index is 0.00000468. The van der Waals surface area contributed by atoms with Crippen molar-refractivity contribution >= 4 is 0 Å². The molecule has 0 saturated carbocycles. The number of fused-ring (bicyclic) bond motifs is 9. The smallest absolute Gasteiger partial charge is 0.204 e. The molecule has 5 nitrogen and oxygen atoms in total. The van der Waals surface area contributed by atoms with Crippen LogP contribution in [0.4, 0.5) is 0 Å². The van der Waals surface area contributed by atoms with Crippen LogP contribution < -0.4 is 4.57 Å². The van der Waals surface area contributed by atoms with E-state index in [1.54, 1.807) is 0 Å². The summed E-state index contributed by atoms with van der Waals surface area (Å²) in [6, 6.07) is 65.6. The zero-order valence-electron chi connectivity index (χ0n) is 37.2. The van der Waals surface area contributed by atoms with Crippen LogP contribution in [0.15, 0.2) is 201 Å². The van der Waals surface area contributed by atoms with Gasteiger partial charge in [0.1, 0.15) is 5.54 Å². The minimum absolute atomic E-state index is 0. The quantitative estimate of drug-likeness (QED) is 0.118. The molecule has 0 amide bonds. The van der Waals surface area contributed by atoms with E-state index in [0.717, 1.165) is 50.2 Å². The molecule has 13 rings (SSSR count). The largest absolute Gasteiger partial charge is 0.390 e. The fourth-order valence-corrected chi connectivity index (χ4v) is 11.9. The molecule has 0 aliphatic heterocycles. The van der Waals surface area contributed by atoms with Crippen LogP contribution in [0.1, 0.15) is 86.7 Å². The van der Waals surface area contributed by atoms with Crippen molar-refractivity contribution in [3.63, 3.8) is 0 Å². The van der Waals surface area contributed by atoms with Crippen LogP contribution in [0.3, 0.4) is 0 Å². The fraction of sp³-hybridized carbons (Fsp3) is 0.115. The Morgan fingerprint density at radius 3 is 1.33 bits per heavy atom. The first-order chi connectivity index (χ1) is 32.5. The van der Waals surface area contributed by atoms with E-state index in [1.165, 1.54) is 50.1 Å². The third-order valence-electron chi connectivity index (χ3n) is 14.7. The summed E-state index contributed by atoms with van der Waals surface area (Å²) in [7, 11) is 2.02. The van der Waals surface area contributed by atoms with Gasteiger partial charge in [0.15, 0.2) is 0 Å². The number of nitrogens with zero attached hydrogens (tertiary/aromatic N) is 5. The second-order valence-electron chi connectivity index (χ2n) is 18.2. The van der Waals surface area contributed by atoms with Crippen molar-refractivity contribution in [1.29, 1.82) is 0 Å². The van der Waals surface area contributed by atoms with Gasteiger partial charge in [-0.3, -0.25) is 4.98 Å². The van der Waals surface area contributed by atoms with E-state index in [1.807, 2.05) is 42.6 Å². The van der Waals surface area contributed by atoms with Crippen LogP contribution in [0.5, 0.6) is 0 Å². The van der Waals surface area contributed by atoms with E-state index in [2.05, 4.69) is 207 Å². The van der Waals surface area contributed by atoms with Crippen LogP contribution in [0.25, 0.3) is 33.4 Å². The van der Waals surface area contributed by atoms with Gasteiger partial charge in [-0.2, -0.15) is 12.1 Å². The predicted molar refractivity (Wildman–Crippen MR) is 258 cm³/mol. The van der Waals surface area contributed by atoms with Gasteiger partial charge in [0.2, 0.25) is 6.33 Å². The first-order valence-electron chi connectivity index (χ1n) is 22.7. The molecule has 4 heterocycles. The molecule has 3 aliphatic rings. The zero-order valence-corrected chi connectivity index (χ0v) is 39.5. The predicted octanol–water partition coefficient (Wildman–Crippen LogP) is 11.6. The second-order valence-corrected chi connectivity index (χ2v) is 18.2. The SMILES string of the molecule is CC(C)c1ccnc(C2(c3[c-]c(C4(c5[c-]c(C6(n7[c-][n+](C)cc7)c7ccccc7-c7ccccc76)cnc5)c5ccccc5-c5ccccc54)cnc3)c3ccccc3-c3ccccc32)c1.[Pt]. The Labute approximate surface area is 405 Å². The van der Waals surface area contributed by atoms with E-state index in [4.69, 9.17) is 15.0 Å². The number of rotatable bonds is 7. The summed E-state index contributed by atoms with van der Waals surface area (Å²) in [5, 5.41) is 0. The van der Waals surface area contributed by atoms with Crippen LogP contribution in [0.2, 0.25) is 0 Å². The van der Waals surface area contributed by atoms with Gasteiger partial charge < -0.3 is 19.1 Å². The molecule has 0 fully saturated rings. The van der Waals surface area contributed by atoms with Gasteiger partial charge in [0.05, 0.1) is 18.2 Å². The van der Waals surface area contributed by atoms with Gasteiger partial charge in [0.25, 0.3) is 0 Å². The Morgan fingerprint density at radius 1 is 0.493 bits per heavy atom. The summed E-state index contributed by atoms with van der Waals surface area (Å²) in [4.78, 5) is 15.8. The van der Waals surface area contributed by atoms with Gasteiger partial charge >= 0.3 is 0 Å². The van der Waals surface area contributed by atoms with Crippen molar-refractivity contribution in [2.45, 2.75) is 36.1 Å². The van der Waals surface area contributed by atoms with Crippen LogP contribution in [0, 0.1) is 18.5 Å². The molecule has 0 bridgehead atoms. The molecular weight excluding hydrogens is 998 g/mol. The molecule has 0 radical (unpaired) electrons. The molecule has 0 N–H and O–H groups in total. The fourth-order valence-electron chi connectivity index (χ4n) is 11.9. The molecule has 0 spiro atoms. The molecule has 6 aromatic carbocycles. The molecule has 0 atom stereocenters. The Bertz CT molecular complexity index is 3450. The van der Waals surface area contributed by atoms with E-state index in [-0.39, 0.29) is 21.1 Å². The Kier molecular flexibility index (Phi) is 9.43. The number of aryl methyl sites for hydroxylation is 1. The average molecular weight is 1040 g/mol. The van der Waals surface area contributed by atoms with Gasteiger partial charge in [0, 0.05) is 43.8 Å². The van der Waals surface area contributed by atoms with Crippen molar-refractivity contribution in [2.75, 3.05) is 0 Å². The minimum atomic E-state index is -0.921. The van der Waals surface area contributed by atoms with Crippen LogP contribution in [-0.2, 0) is 44.5 Å². The Morgan fingerprint density at radius 2 is 0.881 bits per heavy atom. The van der Waals surface area contributed by atoms with E-state index in [9.17, 15) is 0 Å². The molecule has 3 aliphatic carbocycles. The molecular formula is C61H43N5Pt-2. The summed E-state index contributed by atoms with van der Waals surface area (Å²) in [6.45, 7) is 4.49. The summed E-state index contributed by atoms with van der Waals surface area (Å²) >= 11 is 0. The van der Waals surface area contributed by atoms with Crippen molar-refractivity contribution in [2.24, 2.45) is 7.05 Å². The summed E-state index contributed by atoms with van der Waals surface area (Å²) in [6.07, 6.45) is 17.9. The van der Waals surface area contributed by atoms with Crippen molar-refractivity contribution in [1.82, 2.24) is 19.5 Å². The molecule has 0 saturated heterocycles. The van der Waals surface area contributed by atoms with Crippen LogP contribution in [-0.4, -0.2) is 19.5 Å². The third-order valence-corrected chi connectivity index (χ3v) is 14.7. The molecule has 4 aromatic heterocycles. The van der Waals surface area contributed by atoms with Crippen molar-refractivity contribution in [3.8, 4) is 33.4 Å². The maximum atomic E-state index is 5.28. The summed E-state index contributed by atoms with van der Waals surface area (Å²) in [5.41, 5.74) is 17.3. The molecule has 67 heavy (non-hydrogen) atoms. The zero-order chi connectivity index (χ0) is 44.2. The van der Waals surface area contributed by atoms with Crippen molar-refractivity contribution < 1.29 is 25.6 Å². The van der Waals surface area contributed by atoms with Crippen LogP contribution >= 0.6 is 0 Å². The average Bonchev–Trinajstić information content (AvgIpc) is 4.11. The molecule has 10 aromatic rings. The minimum Gasteiger partial charge on any atom is -0.390 e. The number of hydrogen-bond donors (Lipinski definition) is 0. The maximum absolute atomic E-state index is 5.28. The number of aromatic nitrogens is 5. The monoisotopic (exact) mass is 1040 g/mol. The molecule has 6 heteroatoms. The van der Waals surface area contributed by atoms with Gasteiger partial charge in [-0.1, -0.05) is 190 Å².